The Bertz CT molecular complexity index is 778. The number of guanidine groups is 1. The molecule has 3 heterocycles. The van der Waals surface area contributed by atoms with E-state index in [1.807, 2.05) is 25.1 Å². The summed E-state index contributed by atoms with van der Waals surface area (Å²) < 4.78 is 5.37. The minimum atomic E-state index is 0. The third kappa shape index (κ3) is 6.40. The molecule has 0 aliphatic rings. The first-order valence-electron chi connectivity index (χ1n) is 8.20. The second kappa shape index (κ2) is 10.7. The third-order valence-electron chi connectivity index (χ3n) is 3.70. The van der Waals surface area contributed by atoms with Crippen LogP contribution in [0.2, 0.25) is 0 Å². The molecule has 3 rings (SSSR count). The summed E-state index contributed by atoms with van der Waals surface area (Å²) in [6.07, 6.45) is 2.52. The molecule has 3 aromatic rings. The lowest BCUT2D eigenvalue weighted by molar-refractivity contribution is 0.506. The van der Waals surface area contributed by atoms with Gasteiger partial charge >= 0.3 is 0 Å². The van der Waals surface area contributed by atoms with Gasteiger partial charge in [-0.05, 0) is 37.4 Å². The number of halogens is 1. The van der Waals surface area contributed by atoms with Gasteiger partial charge in [-0.2, -0.15) is 0 Å². The first kappa shape index (κ1) is 20.9. The number of aryl methyl sites for hydroxylation is 2. The molecule has 0 atom stereocenters. The van der Waals surface area contributed by atoms with Crippen LogP contribution in [0, 0.1) is 13.8 Å². The molecule has 0 bridgehead atoms. The molecule has 0 aliphatic carbocycles. The molecule has 0 radical (unpaired) electrons. The predicted octanol–water partition coefficient (Wildman–Crippen LogP) is 4.51. The maximum Gasteiger partial charge on any atom is 0.191 e. The van der Waals surface area contributed by atoms with Gasteiger partial charge in [-0.1, -0.05) is 6.07 Å². The highest BCUT2D eigenvalue weighted by Crippen LogP contribution is 2.16. The molecule has 5 nitrogen and oxygen atoms in total. The fraction of sp³-hybridized carbons (Fsp3) is 0.333. The summed E-state index contributed by atoms with van der Waals surface area (Å²) in [5.41, 5.74) is 1.10. The molecule has 0 fully saturated rings. The van der Waals surface area contributed by atoms with Gasteiger partial charge in [-0.3, -0.25) is 0 Å². The Hall–Kier alpha value is -1.39. The molecule has 0 saturated heterocycles. The zero-order valence-corrected chi connectivity index (χ0v) is 18.8. The average Bonchev–Trinajstić information content (AvgIpc) is 3.34. The van der Waals surface area contributed by atoms with Crippen LogP contribution in [0.15, 0.2) is 45.3 Å². The van der Waals surface area contributed by atoms with E-state index in [1.54, 1.807) is 28.9 Å². The topological polar surface area (TPSA) is 62.5 Å². The number of rotatable bonds is 7. The van der Waals surface area contributed by atoms with Crippen LogP contribution in [0.1, 0.15) is 26.2 Å². The zero-order chi connectivity index (χ0) is 17.5. The van der Waals surface area contributed by atoms with E-state index in [1.165, 1.54) is 9.75 Å². The maximum atomic E-state index is 5.37. The minimum Gasteiger partial charge on any atom is -0.469 e. The van der Waals surface area contributed by atoms with Crippen molar-refractivity contribution in [1.82, 2.24) is 15.6 Å². The number of hydrogen-bond acceptors (Lipinski definition) is 5. The summed E-state index contributed by atoms with van der Waals surface area (Å²) in [6, 6.07) is 8.04. The van der Waals surface area contributed by atoms with E-state index in [-0.39, 0.29) is 24.0 Å². The fourth-order valence-electron chi connectivity index (χ4n) is 2.27. The van der Waals surface area contributed by atoms with Crippen molar-refractivity contribution < 1.29 is 4.42 Å². The quantitative estimate of drug-likeness (QED) is 0.284. The number of aromatic nitrogens is 1. The maximum absolute atomic E-state index is 5.37. The van der Waals surface area contributed by atoms with Gasteiger partial charge in [0.25, 0.3) is 0 Å². The number of aliphatic imine (C=N–C) groups is 1. The van der Waals surface area contributed by atoms with Crippen LogP contribution in [0.5, 0.6) is 0 Å². The number of furan rings is 1. The van der Waals surface area contributed by atoms with Gasteiger partial charge in [0.15, 0.2) is 5.96 Å². The molecule has 8 heteroatoms. The molecule has 0 unspecified atom stereocenters. The summed E-state index contributed by atoms with van der Waals surface area (Å²) in [6.45, 7) is 6.26. The lowest BCUT2D eigenvalue weighted by atomic mass is 10.3. The van der Waals surface area contributed by atoms with Crippen molar-refractivity contribution in [3.05, 3.63) is 62.1 Å². The van der Waals surface area contributed by atoms with E-state index >= 15 is 0 Å². The van der Waals surface area contributed by atoms with Gasteiger partial charge in [-0.25, -0.2) is 9.98 Å². The fourth-order valence-corrected chi connectivity index (χ4v) is 3.77. The lowest BCUT2D eigenvalue weighted by Crippen LogP contribution is -2.38. The smallest absolute Gasteiger partial charge is 0.191 e. The van der Waals surface area contributed by atoms with Crippen LogP contribution >= 0.6 is 46.7 Å². The van der Waals surface area contributed by atoms with Gasteiger partial charge < -0.3 is 15.1 Å². The number of nitrogens with zero attached hydrogens (tertiary/aromatic N) is 2. The molecule has 140 valence electrons. The molecule has 26 heavy (non-hydrogen) atoms. The Kier molecular flexibility index (Phi) is 8.60. The Balaban J connectivity index is 0.00000243. The van der Waals surface area contributed by atoms with Crippen molar-refractivity contribution in [3.8, 4) is 0 Å². The summed E-state index contributed by atoms with van der Waals surface area (Å²) >= 11 is 3.44. The van der Waals surface area contributed by atoms with E-state index in [0.29, 0.717) is 13.1 Å². The molecule has 0 aliphatic heterocycles. The van der Waals surface area contributed by atoms with Crippen molar-refractivity contribution in [1.29, 1.82) is 0 Å². The highest BCUT2D eigenvalue weighted by molar-refractivity contribution is 14.0. The van der Waals surface area contributed by atoms with E-state index in [4.69, 9.17) is 4.42 Å². The number of nitrogens with one attached hydrogen (secondary N) is 2. The van der Waals surface area contributed by atoms with Crippen LogP contribution in [0.25, 0.3) is 0 Å². The van der Waals surface area contributed by atoms with Crippen molar-refractivity contribution in [3.63, 3.8) is 0 Å². The molecule has 3 aromatic heterocycles. The molecule has 0 amide bonds. The monoisotopic (exact) mass is 502 g/mol. The number of hydrogen-bond donors (Lipinski definition) is 2. The lowest BCUT2D eigenvalue weighted by Gasteiger charge is -2.11. The summed E-state index contributed by atoms with van der Waals surface area (Å²) in [5.74, 6) is 1.77. The predicted molar refractivity (Wildman–Crippen MR) is 120 cm³/mol. The highest BCUT2D eigenvalue weighted by atomic mass is 127. The highest BCUT2D eigenvalue weighted by Gasteiger charge is 2.06. The van der Waals surface area contributed by atoms with Crippen LogP contribution in [0.4, 0.5) is 0 Å². The average molecular weight is 502 g/mol. The third-order valence-corrected chi connectivity index (χ3v) is 5.63. The second-order valence-electron chi connectivity index (χ2n) is 5.60. The van der Waals surface area contributed by atoms with E-state index in [9.17, 15) is 0 Å². The van der Waals surface area contributed by atoms with Crippen LogP contribution in [-0.2, 0) is 19.5 Å². The minimum absolute atomic E-state index is 0. The Morgan fingerprint density at radius 2 is 2.12 bits per heavy atom. The van der Waals surface area contributed by atoms with Gasteiger partial charge in [0.1, 0.15) is 10.8 Å². The first-order valence-corrected chi connectivity index (χ1v) is 9.90. The normalized spacial score (nSPS) is 11.2. The summed E-state index contributed by atoms with van der Waals surface area (Å²) in [4.78, 5) is 11.8. The van der Waals surface area contributed by atoms with Crippen molar-refractivity contribution in [2.24, 2.45) is 4.99 Å². The zero-order valence-electron chi connectivity index (χ0n) is 14.8. The van der Waals surface area contributed by atoms with E-state index in [0.717, 1.165) is 35.4 Å². The molecule has 2 N–H and O–H groups in total. The first-order chi connectivity index (χ1) is 12.2. The Labute approximate surface area is 179 Å². The van der Waals surface area contributed by atoms with Crippen LogP contribution < -0.4 is 10.6 Å². The van der Waals surface area contributed by atoms with Crippen LogP contribution in [0.3, 0.4) is 0 Å². The van der Waals surface area contributed by atoms with Crippen molar-refractivity contribution in [2.45, 2.75) is 33.4 Å². The SMILES string of the molecule is Cc1nc(CNC(=NCc2cccs2)NCCc2ccco2)sc1C.I. The standard InChI is InChI=1S/C18H22N4OS2.HI/c1-13-14(2)25-17(22-13)12-21-18(20-11-16-6-4-10-24-16)19-8-7-15-5-3-9-23-15;/h3-6,9-10H,7-8,11-12H2,1-2H3,(H2,19,20,21);1H. The summed E-state index contributed by atoms with van der Waals surface area (Å²) in [5, 5.41) is 9.90. The van der Waals surface area contributed by atoms with Crippen molar-refractivity contribution in [2.75, 3.05) is 6.54 Å². The van der Waals surface area contributed by atoms with Gasteiger partial charge in [0.2, 0.25) is 0 Å². The molecule has 0 saturated carbocycles. The number of thiazole rings is 1. The van der Waals surface area contributed by atoms with Crippen molar-refractivity contribution >= 4 is 52.6 Å². The molecular weight excluding hydrogens is 479 g/mol. The van der Waals surface area contributed by atoms with Crippen LogP contribution in [-0.4, -0.2) is 17.5 Å². The van der Waals surface area contributed by atoms with Gasteiger partial charge in [0, 0.05) is 22.7 Å². The molecule has 0 spiro atoms. The largest absolute Gasteiger partial charge is 0.469 e. The van der Waals surface area contributed by atoms with E-state index in [2.05, 4.69) is 39.0 Å². The number of thiophene rings is 1. The second-order valence-corrected chi connectivity index (χ2v) is 7.92. The van der Waals surface area contributed by atoms with Gasteiger partial charge in [-0.15, -0.1) is 46.7 Å². The molecule has 0 aromatic carbocycles. The summed E-state index contributed by atoms with van der Waals surface area (Å²) in [7, 11) is 0. The van der Waals surface area contributed by atoms with E-state index < -0.39 is 0 Å². The Morgan fingerprint density at radius 3 is 2.77 bits per heavy atom. The van der Waals surface area contributed by atoms with Gasteiger partial charge in [0.05, 0.1) is 25.0 Å². The molecular formula is C18H23IN4OS2. The Morgan fingerprint density at radius 1 is 1.23 bits per heavy atom.